The maximum Gasteiger partial charge on any atom is 0.142 e. The molecule has 1 aromatic carbocycles. The third-order valence-corrected chi connectivity index (χ3v) is 2.61. The van der Waals surface area contributed by atoms with Crippen molar-refractivity contribution in [3.63, 3.8) is 0 Å². The van der Waals surface area contributed by atoms with Gasteiger partial charge in [0.1, 0.15) is 5.75 Å². The Hall–Kier alpha value is -1.18. The third kappa shape index (κ3) is 1.84. The lowest BCUT2D eigenvalue weighted by Crippen LogP contribution is -2.18. The summed E-state index contributed by atoms with van der Waals surface area (Å²) in [5.41, 5.74) is 1.26. The van der Waals surface area contributed by atoms with E-state index in [9.17, 15) is 0 Å². The summed E-state index contributed by atoms with van der Waals surface area (Å²) in [6.07, 6.45) is 2.61. The zero-order chi connectivity index (χ0) is 9.80. The molecule has 0 radical (unpaired) electrons. The number of benzene rings is 1. The van der Waals surface area contributed by atoms with Crippen molar-refractivity contribution >= 4 is 5.69 Å². The van der Waals surface area contributed by atoms with Gasteiger partial charge in [-0.3, -0.25) is 0 Å². The average Bonchev–Trinajstić information content (AvgIpc) is 2.72. The highest BCUT2D eigenvalue weighted by Crippen LogP contribution is 2.30. The lowest BCUT2D eigenvalue weighted by atomic mass is 10.2. The summed E-state index contributed by atoms with van der Waals surface area (Å²) < 4.78 is 5.61. The fraction of sp³-hybridized carbons (Fsp3) is 0.500. The number of ether oxygens (including phenoxy) is 1. The Labute approximate surface area is 85.5 Å². The molecule has 1 aliphatic heterocycles. The van der Waals surface area contributed by atoms with E-state index in [1.54, 1.807) is 0 Å². The van der Waals surface area contributed by atoms with E-state index >= 15 is 0 Å². The molecular weight excluding hydrogens is 174 g/mol. The summed E-state index contributed by atoms with van der Waals surface area (Å²) >= 11 is 0. The predicted molar refractivity (Wildman–Crippen MR) is 59.1 cm³/mol. The zero-order valence-corrected chi connectivity index (χ0v) is 8.70. The Morgan fingerprint density at radius 1 is 1.21 bits per heavy atom. The largest absolute Gasteiger partial charge is 0.492 e. The minimum atomic E-state index is 0.741. The van der Waals surface area contributed by atoms with Crippen molar-refractivity contribution in [1.82, 2.24) is 0 Å². The molecule has 76 valence electrons. The molecule has 14 heavy (non-hydrogen) atoms. The van der Waals surface area contributed by atoms with Gasteiger partial charge in [-0.05, 0) is 31.9 Å². The number of hydrogen-bond donors (Lipinski definition) is 0. The van der Waals surface area contributed by atoms with Crippen molar-refractivity contribution in [2.24, 2.45) is 0 Å². The molecule has 2 nitrogen and oxygen atoms in total. The molecule has 0 unspecified atom stereocenters. The molecule has 0 aromatic heterocycles. The van der Waals surface area contributed by atoms with Crippen molar-refractivity contribution in [1.29, 1.82) is 0 Å². The summed E-state index contributed by atoms with van der Waals surface area (Å²) in [4.78, 5) is 2.41. The fourth-order valence-electron chi connectivity index (χ4n) is 1.95. The van der Waals surface area contributed by atoms with Crippen LogP contribution in [0.3, 0.4) is 0 Å². The summed E-state index contributed by atoms with van der Waals surface area (Å²) in [5, 5.41) is 0. The normalized spacial score (nSPS) is 15.9. The first-order valence-corrected chi connectivity index (χ1v) is 5.38. The summed E-state index contributed by atoms with van der Waals surface area (Å²) in [7, 11) is 0. The van der Waals surface area contributed by atoms with Gasteiger partial charge in [-0.1, -0.05) is 12.1 Å². The molecule has 1 aliphatic rings. The first kappa shape index (κ1) is 9.38. The second-order valence-corrected chi connectivity index (χ2v) is 3.59. The Bertz CT molecular complexity index is 292. The van der Waals surface area contributed by atoms with Crippen LogP contribution in [0.25, 0.3) is 0 Å². The lowest BCUT2D eigenvalue weighted by molar-refractivity contribution is 0.340. The van der Waals surface area contributed by atoms with Gasteiger partial charge >= 0.3 is 0 Å². The highest BCUT2D eigenvalue weighted by molar-refractivity contribution is 5.58. The molecule has 0 bridgehead atoms. The van der Waals surface area contributed by atoms with Gasteiger partial charge in [0.25, 0.3) is 0 Å². The van der Waals surface area contributed by atoms with Gasteiger partial charge < -0.3 is 9.64 Å². The molecule has 0 amide bonds. The SMILES string of the molecule is CCOc1ccccc1N1CCCC1. The fourth-order valence-corrected chi connectivity index (χ4v) is 1.95. The van der Waals surface area contributed by atoms with E-state index in [0.717, 1.165) is 12.4 Å². The molecule has 0 saturated carbocycles. The van der Waals surface area contributed by atoms with Gasteiger partial charge in [0, 0.05) is 13.1 Å². The minimum Gasteiger partial charge on any atom is -0.492 e. The zero-order valence-electron chi connectivity index (χ0n) is 8.70. The predicted octanol–water partition coefficient (Wildman–Crippen LogP) is 2.69. The van der Waals surface area contributed by atoms with Gasteiger partial charge in [0.15, 0.2) is 0 Å². The van der Waals surface area contributed by atoms with Crippen LogP contribution in [-0.4, -0.2) is 19.7 Å². The number of anilines is 1. The van der Waals surface area contributed by atoms with Crippen LogP contribution in [0.5, 0.6) is 5.75 Å². The number of nitrogens with zero attached hydrogens (tertiary/aromatic N) is 1. The monoisotopic (exact) mass is 191 g/mol. The van der Waals surface area contributed by atoms with Gasteiger partial charge in [-0.2, -0.15) is 0 Å². The Morgan fingerprint density at radius 3 is 2.64 bits per heavy atom. The molecule has 1 fully saturated rings. The summed E-state index contributed by atoms with van der Waals surface area (Å²) in [5.74, 6) is 1.02. The van der Waals surface area contributed by atoms with Crippen LogP contribution in [0.1, 0.15) is 19.8 Å². The maximum atomic E-state index is 5.61. The topological polar surface area (TPSA) is 12.5 Å². The molecule has 1 aromatic rings. The second-order valence-electron chi connectivity index (χ2n) is 3.59. The molecule has 0 aliphatic carbocycles. The van der Waals surface area contributed by atoms with Crippen molar-refractivity contribution in [2.45, 2.75) is 19.8 Å². The van der Waals surface area contributed by atoms with E-state index < -0.39 is 0 Å². The lowest BCUT2D eigenvalue weighted by Gasteiger charge is -2.20. The molecule has 2 heteroatoms. The molecule has 2 rings (SSSR count). The first-order chi connectivity index (χ1) is 6.92. The van der Waals surface area contributed by atoms with Crippen LogP contribution >= 0.6 is 0 Å². The van der Waals surface area contributed by atoms with E-state index in [-0.39, 0.29) is 0 Å². The Balaban J connectivity index is 2.21. The van der Waals surface area contributed by atoms with Gasteiger partial charge in [0.05, 0.1) is 12.3 Å². The van der Waals surface area contributed by atoms with E-state index in [4.69, 9.17) is 4.74 Å². The average molecular weight is 191 g/mol. The van der Waals surface area contributed by atoms with Crippen LogP contribution in [0.4, 0.5) is 5.69 Å². The molecule has 0 atom stereocenters. The standard InChI is InChI=1S/C12H17NO/c1-2-14-12-8-4-3-7-11(12)13-9-5-6-10-13/h3-4,7-8H,2,5-6,9-10H2,1H3. The number of hydrogen-bond acceptors (Lipinski definition) is 2. The van der Waals surface area contributed by atoms with Gasteiger partial charge in [-0.15, -0.1) is 0 Å². The molecule has 0 spiro atoms. The molecule has 1 heterocycles. The van der Waals surface area contributed by atoms with E-state index in [0.29, 0.717) is 0 Å². The van der Waals surface area contributed by atoms with Crippen LogP contribution in [0.2, 0.25) is 0 Å². The van der Waals surface area contributed by atoms with E-state index in [1.165, 1.54) is 31.6 Å². The number of rotatable bonds is 3. The van der Waals surface area contributed by atoms with Gasteiger partial charge in [-0.25, -0.2) is 0 Å². The summed E-state index contributed by atoms with van der Waals surface area (Å²) in [6.45, 7) is 5.11. The van der Waals surface area contributed by atoms with Crippen LogP contribution < -0.4 is 9.64 Å². The molecule has 1 saturated heterocycles. The van der Waals surface area contributed by atoms with Crippen molar-refractivity contribution < 1.29 is 4.74 Å². The first-order valence-electron chi connectivity index (χ1n) is 5.38. The molecule has 0 N–H and O–H groups in total. The van der Waals surface area contributed by atoms with Crippen molar-refractivity contribution in [3.05, 3.63) is 24.3 Å². The molecular formula is C12H17NO. The second kappa shape index (κ2) is 4.36. The van der Waals surface area contributed by atoms with Gasteiger partial charge in [0.2, 0.25) is 0 Å². The quantitative estimate of drug-likeness (QED) is 0.728. The highest BCUT2D eigenvalue weighted by atomic mass is 16.5. The summed E-state index contributed by atoms with van der Waals surface area (Å²) in [6, 6.07) is 8.31. The maximum absolute atomic E-state index is 5.61. The van der Waals surface area contributed by atoms with Crippen LogP contribution in [-0.2, 0) is 0 Å². The minimum absolute atomic E-state index is 0.741. The van der Waals surface area contributed by atoms with E-state index in [2.05, 4.69) is 23.1 Å². The van der Waals surface area contributed by atoms with Crippen molar-refractivity contribution in [2.75, 3.05) is 24.6 Å². The van der Waals surface area contributed by atoms with Crippen LogP contribution in [0.15, 0.2) is 24.3 Å². The van der Waals surface area contributed by atoms with E-state index in [1.807, 2.05) is 13.0 Å². The van der Waals surface area contributed by atoms with Crippen molar-refractivity contribution in [3.8, 4) is 5.75 Å². The smallest absolute Gasteiger partial charge is 0.142 e. The number of para-hydroxylation sites is 2. The highest BCUT2D eigenvalue weighted by Gasteiger charge is 2.15. The third-order valence-electron chi connectivity index (χ3n) is 2.61. The van der Waals surface area contributed by atoms with Crippen LogP contribution in [0, 0.1) is 0 Å². The Kier molecular flexibility index (Phi) is 2.92. The Morgan fingerprint density at radius 2 is 1.93 bits per heavy atom.